The summed E-state index contributed by atoms with van der Waals surface area (Å²) in [6.45, 7) is 1.97. The molecule has 25 heavy (non-hydrogen) atoms. The van der Waals surface area contributed by atoms with Crippen LogP contribution in [0.3, 0.4) is 0 Å². The minimum Gasteiger partial charge on any atom is -0.507 e. The molecule has 0 spiro atoms. The third-order valence-corrected chi connectivity index (χ3v) is 4.05. The Kier molecular flexibility index (Phi) is 7.28. The first kappa shape index (κ1) is 19.3. The fourth-order valence-corrected chi connectivity index (χ4v) is 2.55. The number of benzene rings is 2. The largest absolute Gasteiger partial charge is 0.507 e. The van der Waals surface area contributed by atoms with Gasteiger partial charge in [0.15, 0.2) is 6.10 Å². The predicted octanol–water partition coefficient (Wildman–Crippen LogP) is 4.51. The number of carbonyl (C=O) groups excluding carboxylic acids is 1. The Labute approximate surface area is 159 Å². The molecule has 2 aromatic rings. The third kappa shape index (κ3) is 6.07. The summed E-state index contributed by atoms with van der Waals surface area (Å²) >= 11 is 9.16. The third-order valence-electron chi connectivity index (χ3n) is 3.30. The molecule has 2 aromatic carbocycles. The second-order valence-corrected chi connectivity index (χ2v) is 6.64. The van der Waals surface area contributed by atoms with E-state index >= 15 is 0 Å². The molecule has 132 valence electrons. The van der Waals surface area contributed by atoms with Gasteiger partial charge in [0, 0.05) is 15.1 Å². The molecule has 0 heterocycles. The number of phenols is 1. The molecule has 2 rings (SSSR count). The molecule has 0 bridgehead atoms. The summed E-state index contributed by atoms with van der Waals surface area (Å²) in [4.78, 5) is 12.3. The van der Waals surface area contributed by atoms with Crippen LogP contribution in [0.5, 0.6) is 11.5 Å². The van der Waals surface area contributed by atoms with Crippen molar-refractivity contribution in [3.63, 3.8) is 0 Å². The van der Waals surface area contributed by atoms with Gasteiger partial charge in [0.05, 0.1) is 6.21 Å². The lowest BCUT2D eigenvalue weighted by molar-refractivity contribution is -0.128. The van der Waals surface area contributed by atoms with E-state index in [0.717, 1.165) is 10.9 Å². The first-order chi connectivity index (χ1) is 12.0. The molecule has 7 heteroatoms. The maximum atomic E-state index is 12.3. The number of aromatic hydroxyl groups is 1. The molecule has 0 unspecified atom stereocenters. The standard InChI is InChI=1S/C18H18BrClN2O3/c1-2-3-17(25-15-7-5-14(20)6-8-15)18(24)22-21-11-12-10-13(19)4-9-16(12)23/h4-11,17,23H,2-3H2,1H3,(H,22,24)/b21-11+/t17-/m1/s1. The van der Waals surface area contributed by atoms with Crippen LogP contribution in [0.2, 0.25) is 5.02 Å². The van der Waals surface area contributed by atoms with Crippen molar-refractivity contribution in [2.24, 2.45) is 5.10 Å². The summed E-state index contributed by atoms with van der Waals surface area (Å²) in [5, 5.41) is 14.2. The zero-order valence-electron chi connectivity index (χ0n) is 13.6. The molecule has 0 aliphatic rings. The minimum absolute atomic E-state index is 0.0729. The van der Waals surface area contributed by atoms with Gasteiger partial charge in [-0.3, -0.25) is 4.79 Å². The van der Waals surface area contributed by atoms with Gasteiger partial charge in [-0.2, -0.15) is 5.10 Å². The number of nitrogens with one attached hydrogen (secondary N) is 1. The highest BCUT2D eigenvalue weighted by Gasteiger charge is 2.19. The van der Waals surface area contributed by atoms with E-state index in [9.17, 15) is 9.90 Å². The molecule has 1 atom stereocenters. The van der Waals surface area contributed by atoms with Crippen molar-refractivity contribution >= 4 is 39.7 Å². The van der Waals surface area contributed by atoms with E-state index in [2.05, 4.69) is 26.5 Å². The first-order valence-corrected chi connectivity index (χ1v) is 8.90. The predicted molar refractivity (Wildman–Crippen MR) is 102 cm³/mol. The van der Waals surface area contributed by atoms with Crippen molar-refractivity contribution in [1.29, 1.82) is 0 Å². The number of phenolic OH excluding ortho intramolecular Hbond substituents is 1. The van der Waals surface area contributed by atoms with Gasteiger partial charge < -0.3 is 9.84 Å². The maximum Gasteiger partial charge on any atom is 0.281 e. The molecule has 0 radical (unpaired) electrons. The van der Waals surface area contributed by atoms with Crippen LogP contribution in [-0.4, -0.2) is 23.3 Å². The monoisotopic (exact) mass is 424 g/mol. The van der Waals surface area contributed by atoms with E-state index < -0.39 is 6.10 Å². The number of amides is 1. The number of rotatable bonds is 7. The van der Waals surface area contributed by atoms with Crippen molar-refractivity contribution in [1.82, 2.24) is 5.43 Å². The summed E-state index contributed by atoms with van der Waals surface area (Å²) < 4.78 is 6.51. The fraction of sp³-hybridized carbons (Fsp3) is 0.222. The highest BCUT2D eigenvalue weighted by atomic mass is 79.9. The lowest BCUT2D eigenvalue weighted by atomic mass is 10.2. The van der Waals surface area contributed by atoms with E-state index in [0.29, 0.717) is 22.8 Å². The molecule has 0 saturated heterocycles. The van der Waals surface area contributed by atoms with Crippen LogP contribution in [0, 0.1) is 0 Å². The van der Waals surface area contributed by atoms with Gasteiger partial charge in [-0.1, -0.05) is 40.9 Å². The zero-order chi connectivity index (χ0) is 18.2. The van der Waals surface area contributed by atoms with Crippen LogP contribution in [0.15, 0.2) is 52.0 Å². The second-order valence-electron chi connectivity index (χ2n) is 5.29. The average Bonchev–Trinajstić information content (AvgIpc) is 2.59. The number of halogens is 2. The van der Waals surface area contributed by atoms with Crippen molar-refractivity contribution in [3.8, 4) is 11.5 Å². The Balaban J connectivity index is 2.00. The molecule has 0 aromatic heterocycles. The molecule has 1 amide bonds. The first-order valence-electron chi connectivity index (χ1n) is 7.73. The smallest absolute Gasteiger partial charge is 0.281 e. The normalized spacial score (nSPS) is 12.1. The minimum atomic E-state index is -0.667. The summed E-state index contributed by atoms with van der Waals surface area (Å²) in [6.07, 6.45) is 2.04. The quantitative estimate of drug-likeness (QED) is 0.506. The van der Waals surface area contributed by atoms with Gasteiger partial charge in [-0.05, 0) is 48.9 Å². The Hall–Kier alpha value is -2.05. The zero-order valence-corrected chi connectivity index (χ0v) is 15.9. The summed E-state index contributed by atoms with van der Waals surface area (Å²) in [5.74, 6) is 0.276. The van der Waals surface area contributed by atoms with Crippen LogP contribution in [0.4, 0.5) is 0 Å². The van der Waals surface area contributed by atoms with E-state index in [1.54, 1.807) is 36.4 Å². The van der Waals surface area contributed by atoms with Gasteiger partial charge in [-0.15, -0.1) is 0 Å². The summed E-state index contributed by atoms with van der Waals surface area (Å²) in [5.41, 5.74) is 2.93. The van der Waals surface area contributed by atoms with E-state index in [-0.39, 0.29) is 11.7 Å². The lowest BCUT2D eigenvalue weighted by Gasteiger charge is -2.16. The molecule has 5 nitrogen and oxygen atoms in total. The van der Waals surface area contributed by atoms with Crippen LogP contribution < -0.4 is 10.2 Å². The van der Waals surface area contributed by atoms with Gasteiger partial charge in [0.2, 0.25) is 0 Å². The highest BCUT2D eigenvalue weighted by molar-refractivity contribution is 9.10. The van der Waals surface area contributed by atoms with Crippen molar-refractivity contribution in [2.75, 3.05) is 0 Å². The number of hydrogen-bond acceptors (Lipinski definition) is 4. The Morgan fingerprint density at radius 1 is 1.36 bits per heavy atom. The molecular weight excluding hydrogens is 408 g/mol. The molecule has 0 aliphatic carbocycles. The highest BCUT2D eigenvalue weighted by Crippen LogP contribution is 2.20. The van der Waals surface area contributed by atoms with Crippen molar-refractivity contribution in [3.05, 3.63) is 57.5 Å². The number of carbonyl (C=O) groups is 1. The van der Waals surface area contributed by atoms with Gasteiger partial charge in [0.1, 0.15) is 11.5 Å². The number of hydrazone groups is 1. The van der Waals surface area contributed by atoms with E-state index in [4.69, 9.17) is 16.3 Å². The van der Waals surface area contributed by atoms with E-state index in [1.165, 1.54) is 12.3 Å². The van der Waals surface area contributed by atoms with Crippen molar-refractivity contribution < 1.29 is 14.6 Å². The Bertz CT molecular complexity index is 750. The van der Waals surface area contributed by atoms with Crippen LogP contribution in [-0.2, 0) is 4.79 Å². The molecule has 0 aliphatic heterocycles. The molecule has 2 N–H and O–H groups in total. The number of ether oxygens (including phenoxy) is 1. The molecule has 0 saturated carbocycles. The topological polar surface area (TPSA) is 70.9 Å². The average molecular weight is 426 g/mol. The fourth-order valence-electron chi connectivity index (χ4n) is 2.05. The lowest BCUT2D eigenvalue weighted by Crippen LogP contribution is -2.35. The Morgan fingerprint density at radius 3 is 2.76 bits per heavy atom. The molecule has 0 fully saturated rings. The second kappa shape index (κ2) is 9.44. The summed E-state index contributed by atoms with van der Waals surface area (Å²) in [6, 6.07) is 11.8. The maximum absolute atomic E-state index is 12.3. The summed E-state index contributed by atoms with van der Waals surface area (Å²) in [7, 11) is 0. The van der Waals surface area contributed by atoms with Crippen LogP contribution in [0.1, 0.15) is 25.3 Å². The van der Waals surface area contributed by atoms with Crippen LogP contribution in [0.25, 0.3) is 0 Å². The number of hydrogen-bond donors (Lipinski definition) is 2. The molecular formula is C18H18BrClN2O3. The van der Waals surface area contributed by atoms with E-state index in [1.807, 2.05) is 6.92 Å². The SMILES string of the molecule is CCC[C@@H](Oc1ccc(Cl)cc1)C(=O)N/N=C/c1cc(Br)ccc1O. The van der Waals surface area contributed by atoms with Crippen molar-refractivity contribution in [2.45, 2.75) is 25.9 Å². The van der Waals surface area contributed by atoms with Gasteiger partial charge in [0.25, 0.3) is 5.91 Å². The number of nitrogens with zero attached hydrogens (tertiary/aromatic N) is 1. The van der Waals surface area contributed by atoms with Gasteiger partial charge in [-0.25, -0.2) is 5.43 Å². The Morgan fingerprint density at radius 2 is 2.08 bits per heavy atom. The van der Waals surface area contributed by atoms with Crippen LogP contribution >= 0.6 is 27.5 Å². The van der Waals surface area contributed by atoms with Gasteiger partial charge >= 0.3 is 0 Å².